The van der Waals surface area contributed by atoms with Crippen molar-refractivity contribution >= 4 is 17.6 Å². The maximum absolute atomic E-state index is 11.6. The SMILES string of the molecule is CCCCOC(=O)c1ccc(NC(=O)COC)cc1. The second kappa shape index (κ2) is 8.26. The minimum Gasteiger partial charge on any atom is -0.462 e. The second-order valence-corrected chi connectivity index (χ2v) is 4.05. The van der Waals surface area contributed by atoms with Gasteiger partial charge >= 0.3 is 5.97 Å². The van der Waals surface area contributed by atoms with Gasteiger partial charge in [0.15, 0.2) is 0 Å². The number of carbonyl (C=O) groups excluding carboxylic acids is 2. The van der Waals surface area contributed by atoms with Crippen LogP contribution in [-0.4, -0.2) is 32.2 Å². The first-order valence-corrected chi connectivity index (χ1v) is 6.23. The van der Waals surface area contributed by atoms with E-state index in [1.807, 2.05) is 6.92 Å². The van der Waals surface area contributed by atoms with Crippen molar-refractivity contribution in [3.63, 3.8) is 0 Å². The number of benzene rings is 1. The van der Waals surface area contributed by atoms with Crippen LogP contribution in [0, 0.1) is 0 Å². The second-order valence-electron chi connectivity index (χ2n) is 4.05. The molecule has 1 aromatic carbocycles. The molecule has 5 heteroatoms. The third-order valence-electron chi connectivity index (χ3n) is 2.41. The van der Waals surface area contributed by atoms with E-state index in [4.69, 9.17) is 9.47 Å². The number of anilines is 1. The summed E-state index contributed by atoms with van der Waals surface area (Å²) in [6.07, 6.45) is 1.84. The van der Waals surface area contributed by atoms with Crippen molar-refractivity contribution in [2.24, 2.45) is 0 Å². The minimum atomic E-state index is -0.344. The van der Waals surface area contributed by atoms with Gasteiger partial charge in [0.25, 0.3) is 0 Å². The molecule has 0 spiro atoms. The van der Waals surface area contributed by atoms with Crippen LogP contribution in [0.15, 0.2) is 24.3 Å². The molecule has 0 radical (unpaired) electrons. The standard InChI is InChI=1S/C14H19NO4/c1-3-4-9-19-14(17)11-5-7-12(8-6-11)15-13(16)10-18-2/h5-8H,3-4,9-10H2,1-2H3,(H,15,16). The van der Waals surface area contributed by atoms with E-state index in [9.17, 15) is 9.59 Å². The first kappa shape index (κ1) is 15.2. The van der Waals surface area contributed by atoms with Gasteiger partial charge in [0.05, 0.1) is 12.2 Å². The van der Waals surface area contributed by atoms with Gasteiger partial charge in [-0.3, -0.25) is 4.79 Å². The Hall–Kier alpha value is -1.88. The number of amides is 1. The number of unbranched alkanes of at least 4 members (excludes halogenated alkanes) is 1. The highest BCUT2D eigenvalue weighted by Gasteiger charge is 2.07. The van der Waals surface area contributed by atoms with Crippen LogP contribution in [0.5, 0.6) is 0 Å². The molecule has 0 heterocycles. The molecule has 104 valence electrons. The van der Waals surface area contributed by atoms with Crippen molar-refractivity contribution in [3.05, 3.63) is 29.8 Å². The largest absolute Gasteiger partial charge is 0.462 e. The Kier molecular flexibility index (Phi) is 6.60. The number of esters is 1. The zero-order valence-corrected chi connectivity index (χ0v) is 11.3. The molecule has 0 saturated carbocycles. The molecule has 19 heavy (non-hydrogen) atoms. The van der Waals surface area contributed by atoms with Gasteiger partial charge < -0.3 is 14.8 Å². The van der Waals surface area contributed by atoms with Crippen LogP contribution in [0.25, 0.3) is 0 Å². The number of nitrogens with one attached hydrogen (secondary N) is 1. The Morgan fingerprint density at radius 1 is 1.21 bits per heavy atom. The summed E-state index contributed by atoms with van der Waals surface area (Å²) in [5, 5.41) is 2.65. The highest BCUT2D eigenvalue weighted by Crippen LogP contribution is 2.10. The zero-order chi connectivity index (χ0) is 14.1. The zero-order valence-electron chi connectivity index (χ0n) is 11.3. The van der Waals surface area contributed by atoms with Crippen molar-refractivity contribution in [1.82, 2.24) is 0 Å². The van der Waals surface area contributed by atoms with E-state index in [0.29, 0.717) is 17.9 Å². The van der Waals surface area contributed by atoms with E-state index in [1.165, 1.54) is 7.11 Å². The van der Waals surface area contributed by atoms with Crippen LogP contribution in [0.1, 0.15) is 30.1 Å². The molecule has 1 rings (SSSR count). The fourth-order valence-corrected chi connectivity index (χ4v) is 1.41. The summed E-state index contributed by atoms with van der Waals surface area (Å²) >= 11 is 0. The molecule has 1 aromatic rings. The van der Waals surface area contributed by atoms with E-state index >= 15 is 0 Å². The van der Waals surface area contributed by atoms with Gasteiger partial charge in [0, 0.05) is 12.8 Å². The van der Waals surface area contributed by atoms with Crippen molar-refractivity contribution in [3.8, 4) is 0 Å². The third-order valence-corrected chi connectivity index (χ3v) is 2.41. The van der Waals surface area contributed by atoms with Gasteiger partial charge in [-0.1, -0.05) is 13.3 Å². The maximum Gasteiger partial charge on any atom is 0.338 e. The summed E-state index contributed by atoms with van der Waals surface area (Å²) in [5.74, 6) is -0.580. The van der Waals surface area contributed by atoms with Gasteiger partial charge in [-0.05, 0) is 30.7 Å². The first-order valence-electron chi connectivity index (χ1n) is 6.23. The van der Waals surface area contributed by atoms with Gasteiger partial charge in [-0.15, -0.1) is 0 Å². The van der Waals surface area contributed by atoms with Crippen LogP contribution in [0.3, 0.4) is 0 Å². The summed E-state index contributed by atoms with van der Waals surface area (Å²) in [6, 6.07) is 6.56. The van der Waals surface area contributed by atoms with E-state index in [1.54, 1.807) is 24.3 Å². The average molecular weight is 265 g/mol. The molecule has 0 saturated heterocycles. The number of hydrogen-bond acceptors (Lipinski definition) is 4. The first-order chi connectivity index (χ1) is 9.17. The van der Waals surface area contributed by atoms with Crippen molar-refractivity contribution in [1.29, 1.82) is 0 Å². The van der Waals surface area contributed by atoms with Gasteiger partial charge in [0.1, 0.15) is 6.61 Å². The summed E-state index contributed by atoms with van der Waals surface area (Å²) in [4.78, 5) is 22.9. The summed E-state index contributed by atoms with van der Waals surface area (Å²) in [7, 11) is 1.45. The molecule has 0 unspecified atom stereocenters. The quantitative estimate of drug-likeness (QED) is 0.606. The molecule has 0 aromatic heterocycles. The van der Waals surface area contributed by atoms with E-state index in [0.717, 1.165) is 12.8 Å². The fourth-order valence-electron chi connectivity index (χ4n) is 1.41. The minimum absolute atomic E-state index is 0.000804. The molecule has 0 fully saturated rings. The molecule has 0 aliphatic heterocycles. The Bertz CT molecular complexity index is 414. The molecule has 1 N–H and O–H groups in total. The number of rotatable bonds is 7. The average Bonchev–Trinajstić information content (AvgIpc) is 2.40. The van der Waals surface area contributed by atoms with E-state index in [2.05, 4.69) is 5.32 Å². The monoisotopic (exact) mass is 265 g/mol. The molecular weight excluding hydrogens is 246 g/mol. The number of carbonyl (C=O) groups is 2. The topological polar surface area (TPSA) is 64.6 Å². The number of methoxy groups -OCH3 is 1. The van der Waals surface area contributed by atoms with Crippen LogP contribution in [0.4, 0.5) is 5.69 Å². The van der Waals surface area contributed by atoms with Gasteiger partial charge in [-0.25, -0.2) is 4.79 Å². The highest BCUT2D eigenvalue weighted by atomic mass is 16.5. The lowest BCUT2D eigenvalue weighted by atomic mass is 10.2. The van der Waals surface area contributed by atoms with Crippen LogP contribution >= 0.6 is 0 Å². The summed E-state index contributed by atoms with van der Waals surface area (Å²) < 4.78 is 9.79. The molecule has 0 aliphatic rings. The lowest BCUT2D eigenvalue weighted by molar-refractivity contribution is -0.119. The summed E-state index contributed by atoms with van der Waals surface area (Å²) in [6.45, 7) is 2.47. The number of hydrogen-bond donors (Lipinski definition) is 1. The fraction of sp³-hybridized carbons (Fsp3) is 0.429. The van der Waals surface area contributed by atoms with Gasteiger partial charge in [0.2, 0.25) is 5.91 Å². The van der Waals surface area contributed by atoms with E-state index in [-0.39, 0.29) is 18.5 Å². The Morgan fingerprint density at radius 2 is 1.89 bits per heavy atom. The molecule has 5 nitrogen and oxygen atoms in total. The molecule has 1 amide bonds. The number of ether oxygens (including phenoxy) is 2. The predicted molar refractivity (Wildman–Crippen MR) is 72.1 cm³/mol. The predicted octanol–water partition coefficient (Wildman–Crippen LogP) is 2.23. The lowest BCUT2D eigenvalue weighted by Crippen LogP contribution is -2.17. The van der Waals surface area contributed by atoms with E-state index < -0.39 is 0 Å². The lowest BCUT2D eigenvalue weighted by Gasteiger charge is -2.06. The third kappa shape index (κ3) is 5.52. The smallest absolute Gasteiger partial charge is 0.338 e. The van der Waals surface area contributed by atoms with Crippen LogP contribution < -0.4 is 5.32 Å². The molecular formula is C14H19NO4. The molecule has 0 aliphatic carbocycles. The van der Waals surface area contributed by atoms with Crippen molar-refractivity contribution in [2.75, 3.05) is 25.6 Å². The van der Waals surface area contributed by atoms with Crippen molar-refractivity contribution in [2.45, 2.75) is 19.8 Å². The highest BCUT2D eigenvalue weighted by molar-refractivity contribution is 5.93. The van der Waals surface area contributed by atoms with Gasteiger partial charge in [-0.2, -0.15) is 0 Å². The molecule has 0 atom stereocenters. The van der Waals surface area contributed by atoms with Crippen LogP contribution in [0.2, 0.25) is 0 Å². The van der Waals surface area contributed by atoms with Crippen LogP contribution in [-0.2, 0) is 14.3 Å². The Balaban J connectivity index is 2.51. The summed E-state index contributed by atoms with van der Waals surface area (Å²) in [5.41, 5.74) is 1.09. The maximum atomic E-state index is 11.6. The normalized spacial score (nSPS) is 10.0. The Labute approximate surface area is 112 Å². The molecule has 0 bridgehead atoms. The Morgan fingerprint density at radius 3 is 2.47 bits per heavy atom. The van der Waals surface area contributed by atoms with Crippen molar-refractivity contribution < 1.29 is 19.1 Å².